The second-order valence-corrected chi connectivity index (χ2v) is 9.71. The van der Waals surface area contributed by atoms with Crippen molar-refractivity contribution in [2.24, 2.45) is 29.6 Å². The molecule has 1 N–H and O–H groups in total. The number of aromatic hydroxyl groups is 1. The Hall–Kier alpha value is -3.48. The van der Waals surface area contributed by atoms with Crippen LogP contribution in [0.4, 0.5) is 0 Å². The minimum atomic E-state index is -0.556. The van der Waals surface area contributed by atoms with Gasteiger partial charge in [0.15, 0.2) is 0 Å². The Kier molecular flexibility index (Phi) is 4.13. The third kappa shape index (κ3) is 2.50. The van der Waals surface area contributed by atoms with Crippen molar-refractivity contribution in [1.29, 1.82) is 0 Å². The smallest absolute Gasteiger partial charge is 0.233 e. The van der Waals surface area contributed by atoms with E-state index < -0.39 is 29.6 Å². The molecular weight excluding hydrogens is 420 g/mol. The van der Waals surface area contributed by atoms with Gasteiger partial charge in [-0.1, -0.05) is 42.0 Å². The number of imide groups is 2. The molecule has 168 valence electrons. The molecule has 3 fully saturated rings. The Morgan fingerprint density at radius 2 is 1.39 bits per heavy atom. The van der Waals surface area contributed by atoms with Crippen LogP contribution in [0.5, 0.6) is 5.75 Å². The highest BCUT2D eigenvalue weighted by atomic mass is 16.3. The van der Waals surface area contributed by atoms with Crippen molar-refractivity contribution in [2.75, 3.05) is 14.1 Å². The van der Waals surface area contributed by atoms with Gasteiger partial charge in [-0.3, -0.25) is 29.0 Å². The van der Waals surface area contributed by atoms with E-state index in [-0.39, 0.29) is 35.3 Å². The molecule has 0 aromatic heterocycles. The zero-order valence-corrected chi connectivity index (χ0v) is 18.4. The molecule has 4 amide bonds. The number of allylic oxidation sites excluding steroid dienone is 2. The molecule has 7 nitrogen and oxygen atoms in total. The summed E-state index contributed by atoms with van der Waals surface area (Å²) in [5, 5.41) is 11.9. The summed E-state index contributed by atoms with van der Waals surface area (Å²) in [6, 6.07) is 10.9. The summed E-state index contributed by atoms with van der Waals surface area (Å²) in [4.78, 5) is 54.6. The summed E-state index contributed by atoms with van der Waals surface area (Å²) in [5.74, 6) is -3.29. The Labute approximate surface area is 190 Å². The lowest BCUT2D eigenvalue weighted by Crippen LogP contribution is -2.43. The van der Waals surface area contributed by atoms with E-state index in [1.54, 1.807) is 6.07 Å². The lowest BCUT2D eigenvalue weighted by molar-refractivity contribution is -0.140. The Morgan fingerprint density at radius 3 is 2.12 bits per heavy atom. The van der Waals surface area contributed by atoms with Crippen molar-refractivity contribution in [3.8, 4) is 5.75 Å². The molecule has 2 saturated heterocycles. The number of benzene rings is 2. The number of fused-ring (bicyclic) bond motifs is 5. The molecule has 0 bridgehead atoms. The lowest BCUT2D eigenvalue weighted by atomic mass is 9.57. The number of carbonyl (C=O) groups is 4. The summed E-state index contributed by atoms with van der Waals surface area (Å²) < 4.78 is 0. The zero-order chi connectivity index (χ0) is 23.2. The van der Waals surface area contributed by atoms with Crippen molar-refractivity contribution >= 4 is 34.4 Å². The van der Waals surface area contributed by atoms with Crippen molar-refractivity contribution in [3.63, 3.8) is 0 Å². The highest BCUT2D eigenvalue weighted by molar-refractivity contribution is 6.08. The van der Waals surface area contributed by atoms with E-state index in [0.29, 0.717) is 18.2 Å². The predicted octanol–water partition coefficient (Wildman–Crippen LogP) is 2.44. The fraction of sp³-hybridized carbons (Fsp3) is 0.385. The number of nitrogens with zero attached hydrogens (tertiary/aromatic N) is 2. The molecule has 2 aromatic carbocycles. The van der Waals surface area contributed by atoms with Gasteiger partial charge in [0.05, 0.1) is 23.7 Å². The third-order valence-electron chi connectivity index (χ3n) is 8.36. The average molecular weight is 444 g/mol. The first-order chi connectivity index (χ1) is 15.8. The number of phenolic OH excluding ortho intramolecular Hbond substituents is 1. The first-order valence-corrected chi connectivity index (χ1v) is 11.3. The van der Waals surface area contributed by atoms with Crippen LogP contribution >= 0.6 is 0 Å². The van der Waals surface area contributed by atoms with Gasteiger partial charge in [0.2, 0.25) is 23.6 Å². The van der Waals surface area contributed by atoms with Gasteiger partial charge in [-0.05, 0) is 35.8 Å². The van der Waals surface area contributed by atoms with Crippen LogP contribution in [0.3, 0.4) is 0 Å². The van der Waals surface area contributed by atoms with Gasteiger partial charge in [-0.2, -0.15) is 0 Å². The topological polar surface area (TPSA) is 95.0 Å². The van der Waals surface area contributed by atoms with Crippen LogP contribution in [-0.4, -0.2) is 52.6 Å². The van der Waals surface area contributed by atoms with E-state index in [0.717, 1.165) is 16.5 Å². The monoisotopic (exact) mass is 444 g/mol. The van der Waals surface area contributed by atoms with Gasteiger partial charge in [-0.15, -0.1) is 0 Å². The van der Waals surface area contributed by atoms with Crippen molar-refractivity contribution in [3.05, 3.63) is 53.6 Å². The van der Waals surface area contributed by atoms with Crippen LogP contribution in [-0.2, 0) is 19.2 Å². The van der Waals surface area contributed by atoms with Crippen molar-refractivity contribution < 1.29 is 24.3 Å². The van der Waals surface area contributed by atoms with E-state index >= 15 is 0 Å². The van der Waals surface area contributed by atoms with Crippen LogP contribution in [0.1, 0.15) is 24.3 Å². The second-order valence-electron chi connectivity index (χ2n) is 9.71. The molecule has 4 aliphatic rings. The minimum absolute atomic E-state index is 0.153. The van der Waals surface area contributed by atoms with Gasteiger partial charge in [0.1, 0.15) is 5.75 Å². The number of carbonyl (C=O) groups excluding carboxylic acids is 4. The third-order valence-corrected chi connectivity index (χ3v) is 8.36. The number of rotatable bonds is 1. The van der Waals surface area contributed by atoms with E-state index in [9.17, 15) is 24.3 Å². The van der Waals surface area contributed by atoms with Gasteiger partial charge in [-0.25, -0.2) is 0 Å². The molecule has 6 rings (SSSR count). The van der Waals surface area contributed by atoms with Crippen LogP contribution in [0.2, 0.25) is 0 Å². The molecule has 2 heterocycles. The lowest BCUT2D eigenvalue weighted by Gasteiger charge is -2.44. The van der Waals surface area contributed by atoms with Crippen LogP contribution < -0.4 is 0 Å². The van der Waals surface area contributed by atoms with Crippen LogP contribution in [0.25, 0.3) is 10.8 Å². The fourth-order valence-electron chi connectivity index (χ4n) is 6.83. The normalized spacial score (nSPS) is 33.3. The summed E-state index contributed by atoms with van der Waals surface area (Å²) in [6.07, 6.45) is 2.88. The van der Waals surface area contributed by atoms with Crippen molar-refractivity contribution in [2.45, 2.75) is 18.8 Å². The number of phenols is 1. The SMILES string of the molecule is CN1C(=O)C2CC=C3C(CC4C(=O)N(C)C(=O)C4C3c3ccc(O)c4ccccc34)C2C1=O. The summed E-state index contributed by atoms with van der Waals surface area (Å²) in [7, 11) is 3.05. The number of likely N-dealkylation sites (tertiary alicyclic amines) is 2. The number of hydrogen-bond donors (Lipinski definition) is 1. The summed E-state index contributed by atoms with van der Waals surface area (Å²) in [6.45, 7) is 0. The molecule has 1 saturated carbocycles. The largest absolute Gasteiger partial charge is 0.507 e. The quantitative estimate of drug-likeness (QED) is 0.539. The molecule has 0 spiro atoms. The second kappa shape index (κ2) is 6.76. The maximum absolute atomic E-state index is 13.3. The van der Waals surface area contributed by atoms with Gasteiger partial charge < -0.3 is 5.11 Å². The predicted molar refractivity (Wildman–Crippen MR) is 119 cm³/mol. The maximum atomic E-state index is 13.3. The molecule has 6 atom stereocenters. The first-order valence-electron chi connectivity index (χ1n) is 11.3. The molecule has 0 radical (unpaired) electrons. The fourth-order valence-corrected chi connectivity index (χ4v) is 6.83. The summed E-state index contributed by atoms with van der Waals surface area (Å²) >= 11 is 0. The van der Waals surface area contributed by atoms with Gasteiger partial charge in [0, 0.05) is 25.4 Å². The molecule has 33 heavy (non-hydrogen) atoms. The highest BCUT2D eigenvalue weighted by Gasteiger charge is 2.61. The number of amides is 4. The van der Waals surface area contributed by atoms with E-state index in [4.69, 9.17) is 0 Å². The zero-order valence-electron chi connectivity index (χ0n) is 18.4. The van der Waals surface area contributed by atoms with Gasteiger partial charge in [0.25, 0.3) is 0 Å². The molecule has 6 unspecified atom stereocenters. The molecular formula is C26H24N2O5. The Morgan fingerprint density at radius 1 is 0.758 bits per heavy atom. The summed E-state index contributed by atoms with van der Waals surface area (Å²) in [5.41, 5.74) is 1.84. The molecule has 2 aliphatic carbocycles. The Balaban J connectivity index is 1.58. The first kappa shape index (κ1) is 20.1. The van der Waals surface area contributed by atoms with Gasteiger partial charge >= 0.3 is 0 Å². The highest BCUT2D eigenvalue weighted by Crippen LogP contribution is 2.58. The van der Waals surface area contributed by atoms with E-state index in [1.165, 1.54) is 23.9 Å². The minimum Gasteiger partial charge on any atom is -0.507 e. The molecule has 7 heteroatoms. The van der Waals surface area contributed by atoms with E-state index in [1.807, 2.05) is 36.4 Å². The maximum Gasteiger partial charge on any atom is 0.233 e. The van der Waals surface area contributed by atoms with E-state index in [2.05, 4.69) is 0 Å². The van der Waals surface area contributed by atoms with Crippen LogP contribution in [0, 0.1) is 29.6 Å². The molecule has 2 aliphatic heterocycles. The molecule has 2 aromatic rings. The standard InChI is InChI=1S/C26H24N2O5/c1-27-23(30)16-8-7-15-17(21(16)25(27)32)11-18-22(26(33)28(2)24(18)31)20(15)14-9-10-19(29)13-6-4-3-5-12(13)14/h3-7,9-10,16-18,20-22,29H,8,11H2,1-2H3. The Bertz CT molecular complexity index is 1300. The average Bonchev–Trinajstić information content (AvgIpc) is 3.18. The van der Waals surface area contributed by atoms with Crippen molar-refractivity contribution in [1.82, 2.24) is 9.80 Å². The van der Waals surface area contributed by atoms with Crippen LogP contribution in [0.15, 0.2) is 48.0 Å². The number of hydrogen-bond acceptors (Lipinski definition) is 5.